The molecule has 0 amide bonds. The third kappa shape index (κ3) is 3.04. The Morgan fingerprint density at radius 2 is 2.00 bits per heavy atom. The van der Waals surface area contributed by atoms with E-state index in [0.29, 0.717) is 13.2 Å². The molecule has 0 saturated heterocycles. The van der Waals surface area contributed by atoms with Crippen LogP contribution in [0.3, 0.4) is 0 Å². The molecule has 0 radical (unpaired) electrons. The Hall–Kier alpha value is -1.88. The molecule has 0 aliphatic rings. The van der Waals surface area contributed by atoms with Crippen LogP contribution in [-0.4, -0.2) is 14.8 Å². The second-order valence-electron chi connectivity index (χ2n) is 3.73. The van der Waals surface area contributed by atoms with Crippen molar-refractivity contribution in [1.29, 1.82) is 0 Å². The number of aromatic nitrogens is 3. The van der Waals surface area contributed by atoms with Crippen molar-refractivity contribution in [1.82, 2.24) is 14.8 Å². The van der Waals surface area contributed by atoms with E-state index in [1.807, 2.05) is 35.9 Å². The zero-order chi connectivity index (χ0) is 12.1. The van der Waals surface area contributed by atoms with Gasteiger partial charge < -0.3 is 10.5 Å². The van der Waals surface area contributed by atoms with Crippen LogP contribution in [0.25, 0.3) is 0 Å². The van der Waals surface area contributed by atoms with E-state index in [0.717, 1.165) is 23.6 Å². The molecule has 0 aliphatic carbocycles. The number of rotatable bonds is 5. The molecular formula is C12H16N4O. The van der Waals surface area contributed by atoms with E-state index in [4.69, 9.17) is 10.5 Å². The normalized spacial score (nSPS) is 10.6. The Morgan fingerprint density at radius 1 is 1.24 bits per heavy atom. The minimum Gasteiger partial charge on any atom is -0.399 e. The lowest BCUT2D eigenvalue weighted by Gasteiger charge is -2.05. The Balaban J connectivity index is 1.85. The Bertz CT molecular complexity index is 464. The average Bonchev–Trinajstić information content (AvgIpc) is 2.79. The number of nitrogens with two attached hydrogens (primary N) is 1. The van der Waals surface area contributed by atoms with Crippen molar-refractivity contribution in [2.75, 3.05) is 5.73 Å². The molecule has 2 N–H and O–H groups in total. The Kier molecular flexibility index (Phi) is 3.72. The van der Waals surface area contributed by atoms with Gasteiger partial charge in [0.05, 0.1) is 6.61 Å². The van der Waals surface area contributed by atoms with Crippen LogP contribution in [-0.2, 0) is 24.5 Å². The summed E-state index contributed by atoms with van der Waals surface area (Å²) in [5, 5.41) is 4.08. The first-order valence-electron chi connectivity index (χ1n) is 5.58. The van der Waals surface area contributed by atoms with Gasteiger partial charge in [-0.05, 0) is 24.6 Å². The molecule has 2 rings (SSSR count). The van der Waals surface area contributed by atoms with E-state index < -0.39 is 0 Å². The van der Waals surface area contributed by atoms with Crippen LogP contribution < -0.4 is 5.73 Å². The number of hydrogen-bond donors (Lipinski definition) is 1. The van der Waals surface area contributed by atoms with Crippen molar-refractivity contribution in [3.05, 3.63) is 42.0 Å². The summed E-state index contributed by atoms with van der Waals surface area (Å²) in [4.78, 5) is 4.14. The number of hydrogen-bond acceptors (Lipinski definition) is 4. The Morgan fingerprint density at radius 3 is 2.71 bits per heavy atom. The lowest BCUT2D eigenvalue weighted by atomic mass is 10.2. The summed E-state index contributed by atoms with van der Waals surface area (Å²) in [6.07, 6.45) is 1.55. The maximum Gasteiger partial charge on any atom is 0.152 e. The second kappa shape index (κ2) is 5.45. The molecule has 2 aromatic rings. The number of anilines is 1. The molecule has 1 aromatic carbocycles. The van der Waals surface area contributed by atoms with E-state index >= 15 is 0 Å². The van der Waals surface area contributed by atoms with Crippen LogP contribution in [0.4, 0.5) is 5.69 Å². The van der Waals surface area contributed by atoms with Crippen molar-refractivity contribution in [2.24, 2.45) is 0 Å². The van der Waals surface area contributed by atoms with Crippen LogP contribution in [0.1, 0.15) is 18.3 Å². The van der Waals surface area contributed by atoms with Crippen molar-refractivity contribution >= 4 is 5.69 Å². The molecule has 0 unspecified atom stereocenters. The lowest BCUT2D eigenvalue weighted by Crippen LogP contribution is -2.05. The van der Waals surface area contributed by atoms with Gasteiger partial charge in [0.1, 0.15) is 12.9 Å². The molecule has 0 aliphatic heterocycles. The highest BCUT2D eigenvalue weighted by atomic mass is 16.5. The number of nitrogens with zero attached hydrogens (tertiary/aromatic N) is 3. The zero-order valence-electron chi connectivity index (χ0n) is 9.84. The van der Waals surface area contributed by atoms with Gasteiger partial charge in [0.25, 0.3) is 0 Å². The SMILES string of the molecule is CCn1ncnc1COCc1ccc(N)cc1. The summed E-state index contributed by atoms with van der Waals surface area (Å²) in [5.41, 5.74) is 7.47. The van der Waals surface area contributed by atoms with Gasteiger partial charge >= 0.3 is 0 Å². The first-order chi connectivity index (χ1) is 8.29. The predicted octanol–water partition coefficient (Wildman–Crippen LogP) is 1.60. The summed E-state index contributed by atoms with van der Waals surface area (Å²) in [7, 11) is 0. The molecule has 90 valence electrons. The smallest absolute Gasteiger partial charge is 0.152 e. The van der Waals surface area contributed by atoms with Crippen molar-refractivity contribution in [3.8, 4) is 0 Å². The molecule has 0 atom stereocenters. The highest BCUT2D eigenvalue weighted by molar-refractivity contribution is 5.39. The summed E-state index contributed by atoms with van der Waals surface area (Å²) in [6.45, 7) is 3.85. The summed E-state index contributed by atoms with van der Waals surface area (Å²) >= 11 is 0. The topological polar surface area (TPSA) is 66.0 Å². The molecule has 17 heavy (non-hydrogen) atoms. The maximum atomic E-state index is 5.61. The monoisotopic (exact) mass is 232 g/mol. The predicted molar refractivity (Wildman–Crippen MR) is 65.0 cm³/mol. The zero-order valence-corrected chi connectivity index (χ0v) is 9.84. The van der Waals surface area contributed by atoms with E-state index in [-0.39, 0.29) is 0 Å². The first-order valence-corrected chi connectivity index (χ1v) is 5.58. The minimum absolute atomic E-state index is 0.470. The largest absolute Gasteiger partial charge is 0.399 e. The highest BCUT2D eigenvalue weighted by Gasteiger charge is 2.02. The summed E-state index contributed by atoms with van der Waals surface area (Å²) < 4.78 is 7.40. The lowest BCUT2D eigenvalue weighted by molar-refractivity contribution is 0.0987. The van der Waals surface area contributed by atoms with Crippen LogP contribution >= 0.6 is 0 Å². The van der Waals surface area contributed by atoms with Gasteiger partial charge in [0.15, 0.2) is 5.82 Å². The van der Waals surface area contributed by atoms with Gasteiger partial charge in [-0.3, -0.25) is 0 Å². The maximum absolute atomic E-state index is 5.61. The molecule has 5 heteroatoms. The molecule has 5 nitrogen and oxygen atoms in total. The fourth-order valence-corrected chi connectivity index (χ4v) is 1.54. The summed E-state index contributed by atoms with van der Waals surface area (Å²) in [5.74, 6) is 0.850. The molecule has 1 aromatic heterocycles. The quantitative estimate of drug-likeness (QED) is 0.795. The molecule has 1 heterocycles. The molecule has 0 fully saturated rings. The Labute approximate surface area is 100 Å². The third-order valence-corrected chi connectivity index (χ3v) is 2.47. The van der Waals surface area contributed by atoms with Gasteiger partial charge in [-0.1, -0.05) is 12.1 Å². The minimum atomic E-state index is 0.470. The van der Waals surface area contributed by atoms with E-state index in [1.165, 1.54) is 0 Å². The van der Waals surface area contributed by atoms with Gasteiger partial charge in [-0.25, -0.2) is 9.67 Å². The van der Waals surface area contributed by atoms with Crippen LogP contribution in [0.2, 0.25) is 0 Å². The molecule has 0 spiro atoms. The van der Waals surface area contributed by atoms with Gasteiger partial charge in [0, 0.05) is 12.2 Å². The average molecular weight is 232 g/mol. The summed E-state index contributed by atoms with van der Waals surface area (Å²) in [6, 6.07) is 7.65. The van der Waals surface area contributed by atoms with Gasteiger partial charge in [-0.2, -0.15) is 5.10 Å². The second-order valence-corrected chi connectivity index (χ2v) is 3.73. The van der Waals surface area contributed by atoms with Crippen LogP contribution in [0, 0.1) is 0 Å². The number of ether oxygens (including phenoxy) is 1. The fraction of sp³-hybridized carbons (Fsp3) is 0.333. The fourth-order valence-electron chi connectivity index (χ4n) is 1.54. The van der Waals surface area contributed by atoms with Gasteiger partial charge in [-0.15, -0.1) is 0 Å². The van der Waals surface area contributed by atoms with E-state index in [1.54, 1.807) is 6.33 Å². The van der Waals surface area contributed by atoms with Crippen molar-refractivity contribution in [2.45, 2.75) is 26.7 Å². The standard InChI is InChI=1S/C12H16N4O/c1-2-16-12(14-9-15-16)8-17-7-10-3-5-11(13)6-4-10/h3-6,9H,2,7-8,13H2,1H3. The number of aryl methyl sites for hydroxylation is 1. The molecule has 0 bridgehead atoms. The third-order valence-electron chi connectivity index (χ3n) is 2.47. The highest BCUT2D eigenvalue weighted by Crippen LogP contribution is 2.07. The van der Waals surface area contributed by atoms with Crippen LogP contribution in [0.5, 0.6) is 0 Å². The van der Waals surface area contributed by atoms with Crippen LogP contribution in [0.15, 0.2) is 30.6 Å². The molecular weight excluding hydrogens is 216 g/mol. The van der Waals surface area contributed by atoms with Gasteiger partial charge in [0.2, 0.25) is 0 Å². The molecule has 0 saturated carbocycles. The van der Waals surface area contributed by atoms with E-state index in [9.17, 15) is 0 Å². The van der Waals surface area contributed by atoms with Crippen molar-refractivity contribution in [3.63, 3.8) is 0 Å². The van der Waals surface area contributed by atoms with Crippen molar-refractivity contribution < 1.29 is 4.74 Å². The number of benzene rings is 1. The van der Waals surface area contributed by atoms with E-state index in [2.05, 4.69) is 10.1 Å². The first kappa shape index (κ1) is 11.6. The number of nitrogen functional groups attached to an aromatic ring is 1.